The molecule has 0 bridgehead atoms. The van der Waals surface area contributed by atoms with Crippen molar-refractivity contribution in [1.29, 1.82) is 0 Å². The summed E-state index contributed by atoms with van der Waals surface area (Å²) in [7, 11) is 0. The first-order valence-electron chi connectivity index (χ1n) is 4.99. The van der Waals surface area contributed by atoms with E-state index in [0.29, 0.717) is 0 Å². The van der Waals surface area contributed by atoms with Crippen LogP contribution in [-0.4, -0.2) is 32.8 Å². The van der Waals surface area contributed by atoms with Crippen LogP contribution in [0.2, 0.25) is 0 Å². The Morgan fingerprint density at radius 1 is 1.46 bits per heavy atom. The molecule has 72 valence electrons. The molecule has 2 rings (SSSR count). The number of fused-ring (bicyclic) bond motifs is 1. The number of aromatic nitrogens is 3. The predicted molar refractivity (Wildman–Crippen MR) is 50.2 cm³/mol. The summed E-state index contributed by atoms with van der Waals surface area (Å²) in [6.45, 7) is 6.59. The molecule has 13 heavy (non-hydrogen) atoms. The molecule has 1 aromatic rings. The standard InChI is InChI=1S/C9H16N4/c1-2-3-4-12-5-6-13-8-10-11-9(13)7-12/h8H,2-7H2,1H3. The maximum Gasteiger partial charge on any atom is 0.147 e. The first-order valence-corrected chi connectivity index (χ1v) is 4.99. The first-order chi connectivity index (χ1) is 6.40. The molecule has 0 saturated carbocycles. The van der Waals surface area contributed by atoms with Crippen molar-refractivity contribution >= 4 is 0 Å². The zero-order valence-corrected chi connectivity index (χ0v) is 8.11. The molecule has 1 aliphatic rings. The van der Waals surface area contributed by atoms with Crippen LogP contribution in [0.4, 0.5) is 0 Å². The van der Waals surface area contributed by atoms with E-state index in [2.05, 4.69) is 26.6 Å². The molecule has 0 fully saturated rings. The second-order valence-corrected chi connectivity index (χ2v) is 3.57. The van der Waals surface area contributed by atoms with Gasteiger partial charge in [0.25, 0.3) is 0 Å². The molecule has 0 atom stereocenters. The van der Waals surface area contributed by atoms with Crippen LogP contribution in [0.3, 0.4) is 0 Å². The van der Waals surface area contributed by atoms with Crippen molar-refractivity contribution in [2.75, 3.05) is 13.1 Å². The zero-order valence-electron chi connectivity index (χ0n) is 8.11. The molecule has 0 N–H and O–H groups in total. The van der Waals surface area contributed by atoms with Crippen molar-refractivity contribution in [3.05, 3.63) is 12.2 Å². The van der Waals surface area contributed by atoms with Crippen LogP contribution < -0.4 is 0 Å². The first kappa shape index (κ1) is 8.69. The SMILES string of the molecule is CCCCN1CCn2cnnc2C1. The van der Waals surface area contributed by atoms with E-state index in [1.54, 1.807) is 0 Å². The van der Waals surface area contributed by atoms with Gasteiger partial charge in [-0.25, -0.2) is 0 Å². The fourth-order valence-electron chi connectivity index (χ4n) is 1.69. The third-order valence-electron chi connectivity index (χ3n) is 2.55. The normalized spacial score (nSPS) is 17.3. The summed E-state index contributed by atoms with van der Waals surface area (Å²) >= 11 is 0. The molecule has 4 nitrogen and oxygen atoms in total. The number of hydrogen-bond donors (Lipinski definition) is 0. The van der Waals surface area contributed by atoms with Crippen molar-refractivity contribution in [2.45, 2.75) is 32.9 Å². The summed E-state index contributed by atoms with van der Waals surface area (Å²) in [5.74, 6) is 1.11. The molecule has 0 unspecified atom stereocenters. The fraction of sp³-hybridized carbons (Fsp3) is 0.778. The molecule has 0 saturated heterocycles. The molecule has 0 spiro atoms. The van der Waals surface area contributed by atoms with Gasteiger partial charge in [0.15, 0.2) is 0 Å². The van der Waals surface area contributed by atoms with Crippen molar-refractivity contribution in [2.24, 2.45) is 0 Å². The second-order valence-electron chi connectivity index (χ2n) is 3.57. The van der Waals surface area contributed by atoms with Gasteiger partial charge in [-0.2, -0.15) is 0 Å². The van der Waals surface area contributed by atoms with E-state index < -0.39 is 0 Å². The molecular weight excluding hydrogens is 164 g/mol. The summed E-state index contributed by atoms with van der Waals surface area (Å²) in [5, 5.41) is 7.99. The summed E-state index contributed by atoms with van der Waals surface area (Å²) in [4.78, 5) is 2.45. The van der Waals surface area contributed by atoms with E-state index in [1.807, 2.05) is 6.33 Å². The molecule has 0 aliphatic carbocycles. The Bertz CT molecular complexity index is 268. The minimum absolute atomic E-state index is 0.972. The van der Waals surface area contributed by atoms with Crippen molar-refractivity contribution in [3.63, 3.8) is 0 Å². The van der Waals surface area contributed by atoms with E-state index >= 15 is 0 Å². The maximum absolute atomic E-state index is 4.09. The molecule has 4 heteroatoms. The van der Waals surface area contributed by atoms with Gasteiger partial charge in [0.2, 0.25) is 0 Å². The molecule has 1 aliphatic heterocycles. The summed E-state index contributed by atoms with van der Waals surface area (Å²) in [6, 6.07) is 0. The van der Waals surface area contributed by atoms with Crippen LogP contribution in [0.5, 0.6) is 0 Å². The van der Waals surface area contributed by atoms with Crippen molar-refractivity contribution in [1.82, 2.24) is 19.7 Å². The van der Waals surface area contributed by atoms with Gasteiger partial charge in [-0.15, -0.1) is 10.2 Å². The number of nitrogens with zero attached hydrogens (tertiary/aromatic N) is 4. The van der Waals surface area contributed by atoms with Crippen LogP contribution in [0.15, 0.2) is 6.33 Å². The zero-order chi connectivity index (χ0) is 9.10. The molecule has 0 amide bonds. The smallest absolute Gasteiger partial charge is 0.147 e. The van der Waals surface area contributed by atoms with Crippen LogP contribution in [0.25, 0.3) is 0 Å². The second kappa shape index (κ2) is 3.87. The third kappa shape index (κ3) is 1.88. The van der Waals surface area contributed by atoms with E-state index in [4.69, 9.17) is 0 Å². The predicted octanol–water partition coefficient (Wildman–Crippen LogP) is 0.894. The Balaban J connectivity index is 1.93. The van der Waals surface area contributed by atoms with Crippen LogP contribution in [0, 0.1) is 0 Å². The minimum Gasteiger partial charge on any atom is -0.315 e. The quantitative estimate of drug-likeness (QED) is 0.693. The highest BCUT2D eigenvalue weighted by Gasteiger charge is 2.15. The van der Waals surface area contributed by atoms with E-state index in [-0.39, 0.29) is 0 Å². The maximum atomic E-state index is 4.09. The van der Waals surface area contributed by atoms with E-state index in [0.717, 1.165) is 25.5 Å². The van der Waals surface area contributed by atoms with Gasteiger partial charge in [0.1, 0.15) is 12.2 Å². The highest BCUT2D eigenvalue weighted by Crippen LogP contribution is 2.09. The number of unbranched alkanes of at least 4 members (excludes halogenated alkanes) is 1. The van der Waals surface area contributed by atoms with Gasteiger partial charge in [0, 0.05) is 13.1 Å². The Morgan fingerprint density at radius 2 is 2.38 bits per heavy atom. The molecule has 0 radical (unpaired) electrons. The molecule has 1 aromatic heterocycles. The Hall–Kier alpha value is -0.900. The summed E-state index contributed by atoms with van der Waals surface area (Å²) < 4.78 is 2.14. The number of hydrogen-bond acceptors (Lipinski definition) is 3. The largest absolute Gasteiger partial charge is 0.315 e. The fourth-order valence-corrected chi connectivity index (χ4v) is 1.69. The van der Waals surface area contributed by atoms with Gasteiger partial charge in [-0.3, -0.25) is 4.90 Å². The summed E-state index contributed by atoms with van der Waals surface area (Å²) in [5.41, 5.74) is 0. The van der Waals surface area contributed by atoms with Crippen LogP contribution in [-0.2, 0) is 13.1 Å². The molecular formula is C9H16N4. The Morgan fingerprint density at radius 3 is 3.23 bits per heavy atom. The van der Waals surface area contributed by atoms with Crippen LogP contribution in [0.1, 0.15) is 25.6 Å². The van der Waals surface area contributed by atoms with Crippen molar-refractivity contribution < 1.29 is 0 Å². The van der Waals surface area contributed by atoms with E-state index in [9.17, 15) is 0 Å². The molecule has 0 aromatic carbocycles. The lowest BCUT2D eigenvalue weighted by molar-refractivity contribution is 0.214. The van der Waals surface area contributed by atoms with E-state index in [1.165, 1.54) is 19.4 Å². The average Bonchev–Trinajstić information content (AvgIpc) is 2.61. The van der Waals surface area contributed by atoms with Gasteiger partial charge >= 0.3 is 0 Å². The molecule has 2 heterocycles. The lowest BCUT2D eigenvalue weighted by Crippen LogP contribution is -2.34. The number of rotatable bonds is 3. The third-order valence-corrected chi connectivity index (χ3v) is 2.55. The Labute approximate surface area is 78.6 Å². The van der Waals surface area contributed by atoms with Gasteiger partial charge < -0.3 is 4.57 Å². The highest BCUT2D eigenvalue weighted by atomic mass is 15.3. The topological polar surface area (TPSA) is 34.0 Å². The summed E-state index contributed by atoms with van der Waals surface area (Å²) in [6.07, 6.45) is 4.38. The van der Waals surface area contributed by atoms with Gasteiger partial charge in [-0.1, -0.05) is 13.3 Å². The minimum atomic E-state index is 0.972. The van der Waals surface area contributed by atoms with Crippen LogP contribution >= 0.6 is 0 Å². The monoisotopic (exact) mass is 180 g/mol. The lowest BCUT2D eigenvalue weighted by atomic mass is 10.3. The van der Waals surface area contributed by atoms with Crippen molar-refractivity contribution in [3.8, 4) is 0 Å². The Kier molecular flexibility index (Phi) is 2.59. The van der Waals surface area contributed by atoms with Gasteiger partial charge in [0.05, 0.1) is 6.54 Å². The highest BCUT2D eigenvalue weighted by molar-refractivity contribution is 4.89. The average molecular weight is 180 g/mol. The lowest BCUT2D eigenvalue weighted by Gasteiger charge is -2.26. The van der Waals surface area contributed by atoms with Gasteiger partial charge in [-0.05, 0) is 13.0 Å².